The van der Waals surface area contributed by atoms with Crippen LogP contribution < -0.4 is 15.4 Å². The molecule has 0 aliphatic heterocycles. The number of rotatable bonds is 5. The second-order valence-corrected chi connectivity index (χ2v) is 4.81. The molecule has 2 aromatic rings. The maximum absolute atomic E-state index is 13.5. The lowest BCUT2D eigenvalue weighted by atomic mass is 10.1. The standard InChI is InChI=1S/C17H17FN2O4/c1-23-15-8-7-11(9-12(15)16(21)24-2)10-19-17(22)20-14-6-4-3-5-13(14)18/h3-9H,10H2,1-2H3,(H2,19,20,22). The molecular weight excluding hydrogens is 315 g/mol. The van der Waals surface area contributed by atoms with Crippen LogP contribution in [0.2, 0.25) is 0 Å². The second kappa shape index (κ2) is 7.96. The van der Waals surface area contributed by atoms with E-state index < -0.39 is 17.8 Å². The SMILES string of the molecule is COC(=O)c1cc(CNC(=O)Nc2ccccc2F)ccc1OC. The first-order chi connectivity index (χ1) is 11.5. The number of nitrogens with one attached hydrogen (secondary N) is 2. The fourth-order valence-corrected chi connectivity index (χ4v) is 2.05. The molecular formula is C17H17FN2O4. The molecule has 0 aliphatic carbocycles. The molecule has 0 heterocycles. The number of urea groups is 1. The van der Waals surface area contributed by atoms with Crippen LogP contribution in [0.5, 0.6) is 5.75 Å². The number of esters is 1. The Labute approximate surface area is 138 Å². The number of carbonyl (C=O) groups excluding carboxylic acids is 2. The highest BCUT2D eigenvalue weighted by Gasteiger charge is 2.14. The van der Waals surface area contributed by atoms with E-state index >= 15 is 0 Å². The lowest BCUT2D eigenvalue weighted by Gasteiger charge is -2.11. The van der Waals surface area contributed by atoms with E-state index in [0.29, 0.717) is 11.3 Å². The summed E-state index contributed by atoms with van der Waals surface area (Å²) in [5, 5.41) is 5.00. The van der Waals surface area contributed by atoms with Crippen LogP contribution in [0.25, 0.3) is 0 Å². The predicted molar refractivity (Wildman–Crippen MR) is 86.6 cm³/mol. The number of ether oxygens (including phenoxy) is 2. The molecule has 0 aromatic heterocycles. The van der Waals surface area contributed by atoms with Gasteiger partial charge in [-0.1, -0.05) is 18.2 Å². The Bertz CT molecular complexity index is 749. The van der Waals surface area contributed by atoms with Crippen molar-refractivity contribution >= 4 is 17.7 Å². The Balaban J connectivity index is 2.02. The van der Waals surface area contributed by atoms with E-state index in [9.17, 15) is 14.0 Å². The highest BCUT2D eigenvalue weighted by atomic mass is 19.1. The molecule has 2 aromatic carbocycles. The highest BCUT2D eigenvalue weighted by Crippen LogP contribution is 2.20. The van der Waals surface area contributed by atoms with Crippen LogP contribution in [0, 0.1) is 5.82 Å². The zero-order chi connectivity index (χ0) is 17.5. The van der Waals surface area contributed by atoms with Gasteiger partial charge in [0.2, 0.25) is 0 Å². The van der Waals surface area contributed by atoms with Crippen molar-refractivity contribution in [1.82, 2.24) is 5.32 Å². The number of hydrogen-bond donors (Lipinski definition) is 2. The third kappa shape index (κ3) is 4.22. The average Bonchev–Trinajstić information content (AvgIpc) is 2.61. The van der Waals surface area contributed by atoms with Gasteiger partial charge in [0.05, 0.1) is 19.9 Å². The van der Waals surface area contributed by atoms with Crippen molar-refractivity contribution in [2.45, 2.75) is 6.54 Å². The number of para-hydroxylation sites is 1. The monoisotopic (exact) mass is 332 g/mol. The van der Waals surface area contributed by atoms with Crippen LogP contribution in [-0.4, -0.2) is 26.2 Å². The molecule has 126 valence electrons. The first-order valence-corrected chi connectivity index (χ1v) is 7.09. The van der Waals surface area contributed by atoms with E-state index in [2.05, 4.69) is 10.6 Å². The summed E-state index contributed by atoms with van der Waals surface area (Å²) >= 11 is 0. The zero-order valence-corrected chi connectivity index (χ0v) is 13.3. The van der Waals surface area contributed by atoms with Crippen LogP contribution in [0.1, 0.15) is 15.9 Å². The largest absolute Gasteiger partial charge is 0.496 e. The molecule has 0 saturated carbocycles. The molecule has 24 heavy (non-hydrogen) atoms. The Hall–Kier alpha value is -3.09. The molecule has 0 atom stereocenters. The number of carbonyl (C=O) groups is 2. The van der Waals surface area contributed by atoms with Gasteiger partial charge in [0.15, 0.2) is 0 Å². The van der Waals surface area contributed by atoms with Crippen molar-refractivity contribution in [3.63, 3.8) is 0 Å². The summed E-state index contributed by atoms with van der Waals surface area (Å²) in [6.45, 7) is 0.147. The maximum atomic E-state index is 13.5. The van der Waals surface area contributed by atoms with E-state index in [1.807, 2.05) is 0 Å². The second-order valence-electron chi connectivity index (χ2n) is 4.81. The Morgan fingerprint density at radius 3 is 2.54 bits per heavy atom. The summed E-state index contributed by atoms with van der Waals surface area (Å²) in [4.78, 5) is 23.5. The first-order valence-electron chi connectivity index (χ1n) is 7.09. The van der Waals surface area contributed by atoms with Gasteiger partial charge in [-0.3, -0.25) is 0 Å². The fraction of sp³-hybridized carbons (Fsp3) is 0.176. The van der Waals surface area contributed by atoms with E-state index in [0.717, 1.165) is 0 Å². The summed E-state index contributed by atoms with van der Waals surface area (Å²) in [6.07, 6.45) is 0. The Morgan fingerprint density at radius 1 is 1.12 bits per heavy atom. The van der Waals surface area contributed by atoms with Crippen molar-refractivity contribution in [1.29, 1.82) is 0 Å². The summed E-state index contributed by atoms with van der Waals surface area (Å²) in [5.74, 6) is -0.684. The Kier molecular flexibility index (Phi) is 5.73. The van der Waals surface area contributed by atoms with Gasteiger partial charge >= 0.3 is 12.0 Å². The number of anilines is 1. The quantitative estimate of drug-likeness (QED) is 0.826. The molecule has 0 radical (unpaired) electrons. The summed E-state index contributed by atoms with van der Waals surface area (Å²) < 4.78 is 23.3. The normalized spacial score (nSPS) is 9.96. The number of benzene rings is 2. The van der Waals surface area contributed by atoms with Crippen LogP contribution in [0.15, 0.2) is 42.5 Å². The molecule has 0 aliphatic rings. The van der Waals surface area contributed by atoms with Crippen LogP contribution >= 0.6 is 0 Å². The molecule has 2 amide bonds. The minimum absolute atomic E-state index is 0.0833. The lowest BCUT2D eigenvalue weighted by Crippen LogP contribution is -2.28. The molecule has 0 unspecified atom stereocenters. The molecule has 0 saturated heterocycles. The average molecular weight is 332 g/mol. The topological polar surface area (TPSA) is 76.7 Å². The lowest BCUT2D eigenvalue weighted by molar-refractivity contribution is 0.0597. The summed E-state index contributed by atoms with van der Waals surface area (Å²) in [7, 11) is 2.72. The molecule has 0 fully saturated rings. The molecule has 6 nitrogen and oxygen atoms in total. The fourth-order valence-electron chi connectivity index (χ4n) is 2.05. The zero-order valence-electron chi connectivity index (χ0n) is 13.3. The minimum atomic E-state index is -0.560. The van der Waals surface area contributed by atoms with Crippen molar-refractivity contribution in [2.75, 3.05) is 19.5 Å². The molecule has 2 N–H and O–H groups in total. The van der Waals surface area contributed by atoms with E-state index in [4.69, 9.17) is 9.47 Å². The van der Waals surface area contributed by atoms with Gasteiger partial charge in [0.25, 0.3) is 0 Å². The molecule has 2 rings (SSSR count). The van der Waals surface area contributed by atoms with Crippen LogP contribution in [0.4, 0.5) is 14.9 Å². The maximum Gasteiger partial charge on any atom is 0.341 e. The predicted octanol–water partition coefficient (Wildman–Crippen LogP) is 2.94. The van der Waals surface area contributed by atoms with Gasteiger partial charge < -0.3 is 20.1 Å². The van der Waals surface area contributed by atoms with E-state index in [1.54, 1.807) is 24.3 Å². The highest BCUT2D eigenvalue weighted by molar-refractivity contribution is 5.93. The summed E-state index contributed by atoms with van der Waals surface area (Å²) in [6, 6.07) is 10.2. The van der Waals surface area contributed by atoms with Crippen LogP contribution in [-0.2, 0) is 11.3 Å². The third-order valence-corrected chi connectivity index (χ3v) is 3.24. The summed E-state index contributed by atoms with van der Waals surface area (Å²) in [5.41, 5.74) is 1.01. The minimum Gasteiger partial charge on any atom is -0.496 e. The first kappa shape index (κ1) is 17.3. The number of hydrogen-bond acceptors (Lipinski definition) is 4. The smallest absolute Gasteiger partial charge is 0.341 e. The van der Waals surface area contributed by atoms with Crippen LogP contribution in [0.3, 0.4) is 0 Å². The van der Waals surface area contributed by atoms with Gasteiger partial charge in [0.1, 0.15) is 17.1 Å². The van der Waals surface area contributed by atoms with E-state index in [1.165, 1.54) is 32.4 Å². The number of halogens is 1. The van der Waals surface area contributed by atoms with Gasteiger partial charge in [-0.15, -0.1) is 0 Å². The number of amides is 2. The molecule has 0 bridgehead atoms. The van der Waals surface area contributed by atoms with Gasteiger partial charge in [-0.2, -0.15) is 0 Å². The number of methoxy groups -OCH3 is 2. The molecule has 7 heteroatoms. The van der Waals surface area contributed by atoms with E-state index in [-0.39, 0.29) is 17.8 Å². The van der Waals surface area contributed by atoms with Gasteiger partial charge in [-0.25, -0.2) is 14.0 Å². The Morgan fingerprint density at radius 2 is 1.88 bits per heavy atom. The van der Waals surface area contributed by atoms with Gasteiger partial charge in [-0.05, 0) is 29.8 Å². The third-order valence-electron chi connectivity index (χ3n) is 3.24. The van der Waals surface area contributed by atoms with Crippen molar-refractivity contribution in [2.24, 2.45) is 0 Å². The van der Waals surface area contributed by atoms with Gasteiger partial charge in [0, 0.05) is 6.54 Å². The van der Waals surface area contributed by atoms with Crippen molar-refractivity contribution < 1.29 is 23.5 Å². The van der Waals surface area contributed by atoms with Crippen molar-refractivity contribution in [3.05, 3.63) is 59.4 Å². The van der Waals surface area contributed by atoms with Crippen molar-refractivity contribution in [3.8, 4) is 5.75 Å². The molecule has 0 spiro atoms.